The first-order chi connectivity index (χ1) is 10.1. The minimum atomic E-state index is 0.0900. The molecule has 21 heavy (non-hydrogen) atoms. The van der Waals surface area contributed by atoms with Crippen LogP contribution in [-0.4, -0.2) is 34.1 Å². The molecule has 1 aliphatic heterocycles. The molecule has 2 aliphatic rings. The Morgan fingerprint density at radius 1 is 1.10 bits per heavy atom. The van der Waals surface area contributed by atoms with E-state index in [1.807, 2.05) is 18.7 Å². The molecule has 5 heteroatoms. The summed E-state index contributed by atoms with van der Waals surface area (Å²) in [7, 11) is 0. The van der Waals surface area contributed by atoms with Crippen LogP contribution in [0.15, 0.2) is 0 Å². The fourth-order valence-corrected chi connectivity index (χ4v) is 4.63. The smallest absolute Gasteiger partial charge is 0.225 e. The van der Waals surface area contributed by atoms with Crippen LogP contribution in [0.4, 0.5) is 0 Å². The molecule has 0 N–H and O–H groups in total. The molecule has 1 saturated heterocycles. The van der Waals surface area contributed by atoms with Gasteiger partial charge in [0.05, 0.1) is 0 Å². The highest BCUT2D eigenvalue weighted by atomic mass is 32.1. The lowest BCUT2D eigenvalue weighted by Crippen LogP contribution is -2.41. The molecule has 1 aromatic rings. The molecule has 0 bridgehead atoms. The molecule has 4 nitrogen and oxygen atoms in total. The van der Waals surface area contributed by atoms with E-state index >= 15 is 0 Å². The summed E-state index contributed by atoms with van der Waals surface area (Å²) >= 11 is 1.80. The van der Waals surface area contributed by atoms with E-state index in [4.69, 9.17) is 0 Å². The topological polar surface area (TPSA) is 46.1 Å². The van der Waals surface area contributed by atoms with E-state index in [9.17, 15) is 4.79 Å². The number of carbonyl (C=O) groups excluding carboxylic acids is 1. The zero-order valence-corrected chi connectivity index (χ0v) is 13.9. The first-order valence-electron chi connectivity index (χ1n) is 8.27. The van der Waals surface area contributed by atoms with Crippen LogP contribution < -0.4 is 0 Å². The van der Waals surface area contributed by atoms with E-state index in [2.05, 4.69) is 10.2 Å². The fraction of sp³-hybridized carbons (Fsp3) is 0.812. The number of piperidine rings is 1. The molecule has 0 radical (unpaired) electrons. The van der Waals surface area contributed by atoms with Gasteiger partial charge in [-0.3, -0.25) is 4.79 Å². The van der Waals surface area contributed by atoms with Crippen LogP contribution in [0.25, 0.3) is 0 Å². The number of hydrogen-bond donors (Lipinski definition) is 0. The lowest BCUT2D eigenvalue weighted by Gasteiger charge is -2.32. The van der Waals surface area contributed by atoms with Crippen molar-refractivity contribution >= 4 is 17.2 Å². The summed E-state index contributed by atoms with van der Waals surface area (Å²) in [4.78, 5) is 14.2. The van der Waals surface area contributed by atoms with Gasteiger partial charge in [0.25, 0.3) is 0 Å². The van der Waals surface area contributed by atoms with Crippen molar-refractivity contribution in [1.29, 1.82) is 0 Å². The summed E-state index contributed by atoms with van der Waals surface area (Å²) in [6.07, 6.45) is 7.44. The van der Waals surface area contributed by atoms with Gasteiger partial charge in [0.1, 0.15) is 10.0 Å². The van der Waals surface area contributed by atoms with E-state index in [0.717, 1.165) is 30.9 Å². The Morgan fingerprint density at radius 3 is 2.38 bits per heavy atom. The number of hydrogen-bond acceptors (Lipinski definition) is 4. The molecule has 2 heterocycles. The van der Waals surface area contributed by atoms with Crippen molar-refractivity contribution in [2.24, 2.45) is 5.92 Å². The van der Waals surface area contributed by atoms with Crippen molar-refractivity contribution in [1.82, 2.24) is 15.1 Å². The standard InChI is InChI=1S/C16H25N3OS/c1-11(2)16(20)19-9-5-8-13(10-19)15-18-17-14(21-15)12-6-3-4-7-12/h11-13H,3-10H2,1-2H3. The van der Waals surface area contributed by atoms with Crippen molar-refractivity contribution in [3.05, 3.63) is 10.0 Å². The maximum atomic E-state index is 12.2. The van der Waals surface area contributed by atoms with Gasteiger partial charge in [-0.15, -0.1) is 21.5 Å². The summed E-state index contributed by atoms with van der Waals surface area (Å²) < 4.78 is 0. The van der Waals surface area contributed by atoms with Gasteiger partial charge in [-0.05, 0) is 25.7 Å². The van der Waals surface area contributed by atoms with Crippen LogP contribution in [0.1, 0.15) is 74.2 Å². The normalized spacial score (nSPS) is 24.0. The third-order valence-corrected chi connectivity index (χ3v) is 5.99. The second kappa shape index (κ2) is 6.42. The molecule has 1 atom stereocenters. The highest BCUT2D eigenvalue weighted by Crippen LogP contribution is 2.38. The SMILES string of the molecule is CC(C)C(=O)N1CCCC(c2nnc(C3CCCC3)s2)C1. The quantitative estimate of drug-likeness (QED) is 0.858. The molecule has 0 spiro atoms. The van der Waals surface area contributed by atoms with Crippen LogP contribution in [-0.2, 0) is 4.79 Å². The lowest BCUT2D eigenvalue weighted by molar-refractivity contribution is -0.135. The van der Waals surface area contributed by atoms with E-state index in [0.29, 0.717) is 11.8 Å². The van der Waals surface area contributed by atoms with Gasteiger partial charge in [0.15, 0.2) is 0 Å². The third kappa shape index (κ3) is 3.28. The predicted octanol–water partition coefficient (Wildman–Crippen LogP) is 3.56. The molecule has 1 aromatic heterocycles. The zero-order valence-electron chi connectivity index (χ0n) is 13.0. The molecule has 1 saturated carbocycles. The highest BCUT2D eigenvalue weighted by molar-refractivity contribution is 7.11. The Bertz CT molecular complexity index is 493. The minimum Gasteiger partial charge on any atom is -0.342 e. The number of rotatable bonds is 3. The molecular formula is C16H25N3OS. The average Bonchev–Trinajstić information content (AvgIpc) is 3.17. The van der Waals surface area contributed by atoms with E-state index < -0.39 is 0 Å². The third-order valence-electron chi connectivity index (χ3n) is 4.74. The van der Waals surface area contributed by atoms with Gasteiger partial charge in [0.2, 0.25) is 5.91 Å². The van der Waals surface area contributed by atoms with E-state index in [1.54, 1.807) is 11.3 Å². The number of likely N-dealkylation sites (tertiary alicyclic amines) is 1. The largest absolute Gasteiger partial charge is 0.342 e. The number of aromatic nitrogens is 2. The first kappa shape index (κ1) is 14.9. The predicted molar refractivity (Wildman–Crippen MR) is 84.5 cm³/mol. The maximum Gasteiger partial charge on any atom is 0.225 e. The Balaban J connectivity index is 1.67. The van der Waals surface area contributed by atoms with Gasteiger partial charge in [-0.2, -0.15) is 0 Å². The fourth-order valence-electron chi connectivity index (χ4n) is 3.49. The molecule has 3 rings (SSSR count). The van der Waals surface area contributed by atoms with Crippen LogP contribution in [0, 0.1) is 5.92 Å². The molecule has 116 valence electrons. The van der Waals surface area contributed by atoms with Gasteiger partial charge in [0, 0.05) is 30.8 Å². The van der Waals surface area contributed by atoms with Crippen LogP contribution in [0.5, 0.6) is 0 Å². The van der Waals surface area contributed by atoms with Gasteiger partial charge >= 0.3 is 0 Å². The van der Waals surface area contributed by atoms with Crippen molar-refractivity contribution in [3.63, 3.8) is 0 Å². The molecule has 1 unspecified atom stereocenters. The molecule has 1 amide bonds. The zero-order chi connectivity index (χ0) is 14.8. The van der Waals surface area contributed by atoms with Crippen LogP contribution in [0.2, 0.25) is 0 Å². The van der Waals surface area contributed by atoms with Crippen molar-refractivity contribution in [2.75, 3.05) is 13.1 Å². The second-order valence-corrected chi connectivity index (χ2v) is 7.78. The van der Waals surface area contributed by atoms with Crippen molar-refractivity contribution < 1.29 is 4.79 Å². The van der Waals surface area contributed by atoms with E-state index in [-0.39, 0.29) is 11.8 Å². The second-order valence-electron chi connectivity index (χ2n) is 6.74. The van der Waals surface area contributed by atoms with Crippen molar-refractivity contribution in [3.8, 4) is 0 Å². The summed E-state index contributed by atoms with van der Waals surface area (Å²) in [5.74, 6) is 1.41. The Hall–Kier alpha value is -0.970. The van der Waals surface area contributed by atoms with Gasteiger partial charge < -0.3 is 4.90 Å². The number of nitrogens with zero attached hydrogens (tertiary/aromatic N) is 3. The Labute approximate surface area is 130 Å². The first-order valence-corrected chi connectivity index (χ1v) is 9.09. The van der Waals surface area contributed by atoms with Crippen LogP contribution in [0.3, 0.4) is 0 Å². The highest BCUT2D eigenvalue weighted by Gasteiger charge is 2.29. The summed E-state index contributed by atoms with van der Waals surface area (Å²) in [6.45, 7) is 5.70. The molecular weight excluding hydrogens is 282 g/mol. The lowest BCUT2D eigenvalue weighted by atomic mass is 9.97. The molecule has 1 aliphatic carbocycles. The van der Waals surface area contributed by atoms with Crippen LogP contribution >= 0.6 is 11.3 Å². The molecule has 0 aromatic carbocycles. The monoisotopic (exact) mass is 307 g/mol. The minimum absolute atomic E-state index is 0.0900. The summed E-state index contributed by atoms with van der Waals surface area (Å²) in [5, 5.41) is 11.3. The molecule has 2 fully saturated rings. The summed E-state index contributed by atoms with van der Waals surface area (Å²) in [5.41, 5.74) is 0. The number of amides is 1. The number of carbonyl (C=O) groups is 1. The van der Waals surface area contributed by atoms with Crippen molar-refractivity contribution in [2.45, 2.75) is 64.2 Å². The average molecular weight is 307 g/mol. The Kier molecular flexibility index (Phi) is 4.57. The van der Waals surface area contributed by atoms with E-state index in [1.165, 1.54) is 30.7 Å². The summed E-state index contributed by atoms with van der Waals surface area (Å²) in [6, 6.07) is 0. The maximum absolute atomic E-state index is 12.2. The van der Waals surface area contributed by atoms with Gasteiger partial charge in [-0.1, -0.05) is 26.7 Å². The Morgan fingerprint density at radius 2 is 1.71 bits per heavy atom. The van der Waals surface area contributed by atoms with Gasteiger partial charge in [-0.25, -0.2) is 0 Å².